The van der Waals surface area contributed by atoms with Gasteiger partial charge in [0.25, 0.3) is 0 Å². The fourth-order valence-corrected chi connectivity index (χ4v) is 13.0. The van der Waals surface area contributed by atoms with E-state index >= 15 is 0 Å². The van der Waals surface area contributed by atoms with Crippen LogP contribution < -0.4 is 0 Å². The Labute approximate surface area is 315 Å². The lowest BCUT2D eigenvalue weighted by molar-refractivity contribution is -0.232. The number of Topliss-reactive ketones (excluding diaryl/α,β-unsaturated/α-hetero) is 1. The average molecular weight is 725 g/mol. The molecule has 1 N–H and O–H groups in total. The molecule has 294 valence electrons. The molecule has 0 heterocycles. The lowest BCUT2D eigenvalue weighted by Crippen LogP contribution is -2.65. The normalized spacial score (nSPS) is 37.0. The van der Waals surface area contributed by atoms with E-state index in [1.165, 1.54) is 5.57 Å². The second kappa shape index (κ2) is 14.1. The number of hydrogen-bond donors (Lipinski definition) is 1. The molecule has 1 amide bonds. The van der Waals surface area contributed by atoms with E-state index in [1.54, 1.807) is 18.7 Å². The lowest BCUT2D eigenvalue weighted by atomic mass is 9.33. The molecule has 8 heteroatoms. The Kier molecular flexibility index (Phi) is 11.1. The molecule has 3 unspecified atom stereocenters. The Balaban J connectivity index is 1.38. The topological polar surface area (TPSA) is 104 Å². The van der Waals surface area contributed by atoms with E-state index in [2.05, 4.69) is 67.2 Å². The van der Waals surface area contributed by atoms with Crippen molar-refractivity contribution in [3.63, 3.8) is 0 Å². The zero-order valence-corrected chi connectivity index (χ0v) is 35.0. The largest absolute Gasteiger partial charge is 0.481 e. The molecule has 9 atom stereocenters. The number of aliphatic carboxylic acids is 1. The van der Waals surface area contributed by atoms with E-state index in [9.17, 15) is 24.3 Å². The molecule has 0 aliphatic heterocycles. The smallest absolute Gasteiger partial charge is 0.309 e. The zero-order chi connectivity index (χ0) is 38.9. The maximum Gasteiger partial charge on any atom is 0.309 e. The number of allylic oxidation sites excluding steroid dienone is 2. The van der Waals surface area contributed by atoms with Crippen LogP contribution in [0, 0.1) is 62.6 Å². The zero-order valence-electron chi connectivity index (χ0n) is 35.0. The highest BCUT2D eigenvalue weighted by Crippen LogP contribution is 2.75. The third-order valence-electron chi connectivity index (χ3n) is 16.3. The molecule has 0 aromatic rings. The maximum absolute atomic E-state index is 14.5. The minimum atomic E-state index is -1.15. The monoisotopic (exact) mass is 725 g/mol. The fourth-order valence-electron chi connectivity index (χ4n) is 13.0. The fraction of sp³-hybridized carbons (Fsp3) is 0.864. The van der Waals surface area contributed by atoms with Crippen LogP contribution in [0.15, 0.2) is 11.1 Å². The summed E-state index contributed by atoms with van der Waals surface area (Å²) in [5.74, 6) is 0.976. The van der Waals surface area contributed by atoms with Crippen molar-refractivity contribution in [1.82, 2.24) is 9.80 Å². The summed E-state index contributed by atoms with van der Waals surface area (Å²) in [5, 5.41) is 9.60. The first-order chi connectivity index (χ1) is 23.9. The number of carbonyl (C=O) groups is 4. The van der Waals surface area contributed by atoms with Crippen molar-refractivity contribution in [2.24, 2.45) is 62.6 Å². The summed E-state index contributed by atoms with van der Waals surface area (Å²) in [7, 11) is 3.62. The minimum Gasteiger partial charge on any atom is -0.481 e. The number of carboxylic acids is 1. The Morgan fingerprint density at radius 2 is 1.52 bits per heavy atom. The summed E-state index contributed by atoms with van der Waals surface area (Å²) in [6.07, 6.45) is 8.99. The third-order valence-corrected chi connectivity index (χ3v) is 16.3. The average Bonchev–Trinajstić information content (AvgIpc) is 3.31. The van der Waals surface area contributed by atoms with Gasteiger partial charge in [0.05, 0.1) is 18.4 Å². The Morgan fingerprint density at radius 1 is 0.885 bits per heavy atom. The van der Waals surface area contributed by atoms with E-state index in [1.807, 2.05) is 14.1 Å². The van der Waals surface area contributed by atoms with Gasteiger partial charge < -0.3 is 14.7 Å². The van der Waals surface area contributed by atoms with E-state index in [0.717, 1.165) is 69.9 Å². The van der Waals surface area contributed by atoms with Gasteiger partial charge in [-0.3, -0.25) is 24.1 Å². The highest BCUT2D eigenvalue weighted by molar-refractivity contribution is 6.01. The minimum absolute atomic E-state index is 0.00584. The summed E-state index contributed by atoms with van der Waals surface area (Å²) < 4.78 is 6.17. The number of amides is 1. The number of esters is 1. The molecule has 0 aromatic heterocycles. The van der Waals surface area contributed by atoms with Crippen LogP contribution in [0.5, 0.6) is 0 Å². The van der Waals surface area contributed by atoms with Gasteiger partial charge in [-0.15, -0.1) is 0 Å². The van der Waals surface area contributed by atoms with E-state index < -0.39 is 17.4 Å². The van der Waals surface area contributed by atoms with Gasteiger partial charge in [-0.25, -0.2) is 0 Å². The Hall–Kier alpha value is -2.22. The number of rotatable bonds is 11. The van der Waals surface area contributed by atoms with Crippen molar-refractivity contribution in [3.05, 3.63) is 11.1 Å². The molecular weight excluding hydrogens is 652 g/mol. The van der Waals surface area contributed by atoms with E-state index in [4.69, 9.17) is 4.74 Å². The van der Waals surface area contributed by atoms with Crippen LogP contribution in [0.25, 0.3) is 0 Å². The summed E-state index contributed by atoms with van der Waals surface area (Å²) in [6, 6.07) is 0.231. The SMILES string of the molecule is CC(C)C1=C2C(CC[C@]3(C)[C@@H]2CCC2[C@@]4(C)CC[C@H](OC(=O)CC(C)(C)C(=O)O)C(C)(C)C4CC[C@]23C)[C@H](CCN(CC(=O)N(C)C)C(C)C)C1=O. The first-order valence-corrected chi connectivity index (χ1v) is 20.6. The Morgan fingerprint density at radius 3 is 2.10 bits per heavy atom. The van der Waals surface area contributed by atoms with Crippen molar-refractivity contribution in [2.75, 3.05) is 27.2 Å². The molecule has 5 aliphatic rings. The molecule has 5 aliphatic carbocycles. The van der Waals surface area contributed by atoms with Gasteiger partial charge in [-0.1, -0.05) is 54.0 Å². The highest BCUT2D eigenvalue weighted by Gasteiger charge is 2.69. The second-order valence-corrected chi connectivity index (χ2v) is 20.6. The van der Waals surface area contributed by atoms with Crippen LogP contribution in [-0.2, 0) is 23.9 Å². The van der Waals surface area contributed by atoms with E-state index in [0.29, 0.717) is 36.0 Å². The Bertz CT molecular complexity index is 1460. The highest BCUT2D eigenvalue weighted by atomic mass is 16.5. The van der Waals surface area contributed by atoms with Gasteiger partial charge in [-0.05, 0) is 143 Å². The number of ketones is 1. The lowest BCUT2D eigenvalue weighted by Gasteiger charge is -2.71. The number of likely N-dealkylation sites (N-methyl/N-ethyl adjacent to an activating group) is 1. The van der Waals surface area contributed by atoms with Crippen molar-refractivity contribution in [3.8, 4) is 0 Å². The van der Waals surface area contributed by atoms with Gasteiger partial charge in [0.2, 0.25) is 5.91 Å². The number of carboxylic acid groups (broad SMARTS) is 1. The molecule has 0 radical (unpaired) electrons. The molecule has 0 bridgehead atoms. The van der Waals surface area contributed by atoms with Crippen LogP contribution in [0.4, 0.5) is 0 Å². The maximum atomic E-state index is 14.5. The van der Waals surface area contributed by atoms with Crippen LogP contribution >= 0.6 is 0 Å². The molecule has 5 rings (SSSR count). The molecule has 4 saturated carbocycles. The quantitative estimate of drug-likeness (QED) is 0.213. The second-order valence-electron chi connectivity index (χ2n) is 20.6. The first-order valence-electron chi connectivity index (χ1n) is 20.6. The molecule has 8 nitrogen and oxygen atoms in total. The van der Waals surface area contributed by atoms with Crippen molar-refractivity contribution in [2.45, 2.75) is 153 Å². The number of hydrogen-bond acceptors (Lipinski definition) is 6. The number of carbonyl (C=O) groups excluding carboxylic acids is 3. The van der Waals surface area contributed by atoms with Crippen molar-refractivity contribution >= 4 is 23.6 Å². The summed E-state index contributed by atoms with van der Waals surface area (Å²) in [6.45, 7) is 25.4. The number of ether oxygens (including phenoxy) is 1. The van der Waals surface area contributed by atoms with Gasteiger partial charge in [0.1, 0.15) is 6.10 Å². The van der Waals surface area contributed by atoms with Crippen molar-refractivity contribution < 1.29 is 29.0 Å². The van der Waals surface area contributed by atoms with Gasteiger partial charge in [0, 0.05) is 31.5 Å². The predicted molar refractivity (Wildman–Crippen MR) is 205 cm³/mol. The first kappa shape index (κ1) is 41.0. The predicted octanol–water partition coefficient (Wildman–Crippen LogP) is 8.42. The summed E-state index contributed by atoms with van der Waals surface area (Å²) in [4.78, 5) is 55.9. The summed E-state index contributed by atoms with van der Waals surface area (Å²) in [5.41, 5.74) is 1.61. The van der Waals surface area contributed by atoms with Crippen LogP contribution in [0.3, 0.4) is 0 Å². The molecule has 4 fully saturated rings. The molecule has 52 heavy (non-hydrogen) atoms. The van der Waals surface area contributed by atoms with Crippen LogP contribution in [0.1, 0.15) is 140 Å². The summed E-state index contributed by atoms with van der Waals surface area (Å²) >= 11 is 0. The standard InChI is InChI=1S/C44H72N2O6/c1-26(2)36-37-28(29(38(36)49)19-23-46(27(3)4)25-34(47)45(12)13)16-21-43(10)30(37)14-15-32-42(9)20-18-33(52-35(48)24-40(5,6)39(50)51)41(7,8)31(42)17-22-44(32,43)11/h26-33H,14-25H2,1-13H3,(H,50,51)/t28?,29-,30+,31?,32?,33-,42-,43+,44+/m0/s1. The molecule has 0 aromatic carbocycles. The number of nitrogens with zero attached hydrogens (tertiary/aromatic N) is 2. The molecule has 0 spiro atoms. The van der Waals surface area contributed by atoms with Gasteiger partial charge in [0.15, 0.2) is 5.78 Å². The number of fused-ring (bicyclic) bond motifs is 7. The van der Waals surface area contributed by atoms with Crippen molar-refractivity contribution in [1.29, 1.82) is 0 Å². The third kappa shape index (κ3) is 6.61. The van der Waals surface area contributed by atoms with Crippen LogP contribution in [-0.4, -0.2) is 77.9 Å². The van der Waals surface area contributed by atoms with Gasteiger partial charge >= 0.3 is 11.9 Å². The van der Waals surface area contributed by atoms with Gasteiger partial charge in [-0.2, -0.15) is 0 Å². The van der Waals surface area contributed by atoms with Crippen LogP contribution in [0.2, 0.25) is 0 Å². The molecule has 0 saturated heterocycles. The van der Waals surface area contributed by atoms with E-state index in [-0.39, 0.29) is 58.0 Å². The molecular formula is C44H72N2O6.